The van der Waals surface area contributed by atoms with Gasteiger partial charge in [0, 0.05) is 0 Å². The first-order chi connectivity index (χ1) is 11.1. The molecule has 0 amide bonds. The van der Waals surface area contributed by atoms with Gasteiger partial charge in [0.1, 0.15) is 12.2 Å². The summed E-state index contributed by atoms with van der Waals surface area (Å²) in [7, 11) is 0. The Bertz CT molecular complexity index is 478. The predicted octanol–water partition coefficient (Wildman–Crippen LogP) is -6.55. The summed E-state index contributed by atoms with van der Waals surface area (Å²) in [5, 5.41) is 51.9. The normalized spacial score (nSPS) is 23.0. The molecule has 0 aromatic carbocycles. The van der Waals surface area contributed by atoms with E-state index in [1.54, 1.807) is 0 Å². The second-order valence-corrected chi connectivity index (χ2v) is 4.58. The summed E-state index contributed by atoms with van der Waals surface area (Å²) in [6.07, 6.45) is -7.97. The monoisotopic (exact) mass is 426 g/mol. The molecule has 0 spiro atoms. The summed E-state index contributed by atoms with van der Waals surface area (Å²) < 4.78 is 8.51. The van der Waals surface area contributed by atoms with Crippen LogP contribution in [0.5, 0.6) is 0 Å². The van der Waals surface area contributed by atoms with E-state index in [9.17, 15) is 19.2 Å². The Hall–Kier alpha value is -1.04. The van der Waals surface area contributed by atoms with Crippen molar-refractivity contribution in [1.82, 2.24) is 0 Å². The average Bonchev–Trinajstić information content (AvgIpc) is 2.98. The third kappa shape index (κ3) is 7.13. The molecule has 0 bridgehead atoms. The maximum atomic E-state index is 10.8. The molecule has 0 aliphatic carbocycles. The van der Waals surface area contributed by atoms with Crippen molar-refractivity contribution >= 4 is 61.2 Å². The minimum Gasteiger partial charge on any atom is -0.526 e. The first-order valence-corrected chi connectivity index (χ1v) is 6.35. The molecule has 2 heterocycles. The minimum absolute atomic E-state index is 0. The van der Waals surface area contributed by atoms with Gasteiger partial charge in [-0.05, 0) is 0 Å². The Kier molecular flexibility index (Phi) is 15.0. The Labute approximate surface area is 180 Å². The van der Waals surface area contributed by atoms with Crippen LogP contribution < -0.4 is 0 Å². The number of cyclic esters (lactones) is 2. The van der Waals surface area contributed by atoms with Crippen LogP contribution in [-0.2, 0) is 28.7 Å². The first-order valence-electron chi connectivity index (χ1n) is 6.35. The summed E-state index contributed by atoms with van der Waals surface area (Å²) in [4.78, 5) is 42.6. The molecule has 0 radical (unpaired) electrons. The van der Waals surface area contributed by atoms with E-state index >= 15 is 0 Å². The van der Waals surface area contributed by atoms with E-state index in [2.05, 4.69) is 9.47 Å². The molecule has 2 fully saturated rings. The third-order valence-corrected chi connectivity index (χ3v) is 2.91. The van der Waals surface area contributed by atoms with Gasteiger partial charge >= 0.3 is 37.7 Å². The van der Waals surface area contributed by atoms with Crippen molar-refractivity contribution in [3.8, 4) is 0 Å². The number of Topliss-reactive ketones (excluding diaryl/α,β-unsaturated/α-hetero) is 2. The molecular weight excluding hydrogens is 408 g/mol. The van der Waals surface area contributed by atoms with Crippen molar-refractivity contribution in [2.45, 2.75) is 24.4 Å². The van der Waals surface area contributed by atoms with Gasteiger partial charge in [0.25, 0.3) is 0 Å². The van der Waals surface area contributed by atoms with Crippen LogP contribution in [0.15, 0.2) is 0 Å². The third-order valence-electron chi connectivity index (χ3n) is 2.91. The number of carbonyl (C=O) groups excluding carboxylic acids is 4. The Balaban J connectivity index is -0.000000384. The summed E-state index contributed by atoms with van der Waals surface area (Å²) >= 11 is 0. The van der Waals surface area contributed by atoms with Gasteiger partial charge in [-0.2, -0.15) is 0 Å². The van der Waals surface area contributed by atoms with Crippen molar-refractivity contribution in [2.75, 3.05) is 13.2 Å². The maximum Gasteiger partial charge on any atom is 2.00 e. The van der Waals surface area contributed by atoms with Crippen LogP contribution in [-0.4, -0.2) is 140 Å². The Morgan fingerprint density at radius 1 is 0.778 bits per heavy atom. The molecule has 14 nitrogen and oxygen atoms in total. The van der Waals surface area contributed by atoms with Gasteiger partial charge in [0.05, 0.1) is 24.8 Å². The summed E-state index contributed by atoms with van der Waals surface area (Å²) in [5.41, 5.74) is 0. The van der Waals surface area contributed by atoms with Gasteiger partial charge in [-0.25, -0.2) is 0 Å². The molecule has 4 atom stereocenters. The van der Waals surface area contributed by atoms with Crippen LogP contribution in [0, 0.1) is 12.2 Å². The zero-order chi connectivity index (χ0) is 18.6. The fourth-order valence-corrected chi connectivity index (χ4v) is 1.62. The largest absolute Gasteiger partial charge is 2.00 e. The number of hydrogen-bond donors (Lipinski definition) is 6. The molecule has 10 N–H and O–H groups in total. The van der Waals surface area contributed by atoms with Gasteiger partial charge < -0.3 is 60.7 Å². The van der Waals surface area contributed by atoms with Crippen LogP contribution in [0.3, 0.4) is 0 Å². The van der Waals surface area contributed by atoms with E-state index in [4.69, 9.17) is 30.6 Å². The van der Waals surface area contributed by atoms with Crippen molar-refractivity contribution in [3.05, 3.63) is 12.2 Å². The quantitative estimate of drug-likeness (QED) is 0.139. The smallest absolute Gasteiger partial charge is 0.526 e. The molecule has 152 valence electrons. The van der Waals surface area contributed by atoms with Crippen LogP contribution in [0.25, 0.3) is 0 Å². The van der Waals surface area contributed by atoms with E-state index in [-0.39, 0.29) is 48.7 Å². The molecule has 0 aromatic heterocycles. The first kappa shape index (κ1) is 30.7. The molecule has 2 saturated heterocycles. The molecule has 0 unspecified atom stereocenters. The number of carbonyl (C=O) groups is 4. The SMILES string of the molecule is O.O.O=C1O[C@H]([C@@H](O)CO)C(=O)[C-]1O.O=C1O[C@H]([C@@H](O)CO)C(=O)[C-]1O.[Ca+2]. The Morgan fingerprint density at radius 3 is 1.19 bits per heavy atom. The molecule has 2 aliphatic heterocycles. The summed E-state index contributed by atoms with van der Waals surface area (Å²) in [6, 6.07) is 0. The number of ether oxygens (including phenoxy) is 2. The van der Waals surface area contributed by atoms with Gasteiger partial charge in [-0.15, -0.1) is 0 Å². The van der Waals surface area contributed by atoms with Crippen molar-refractivity contribution < 1.29 is 70.2 Å². The fraction of sp³-hybridized carbons (Fsp3) is 0.500. The number of hydrogen-bond acceptors (Lipinski definition) is 12. The second-order valence-electron chi connectivity index (χ2n) is 4.58. The van der Waals surface area contributed by atoms with Gasteiger partial charge in [-0.3, -0.25) is 9.59 Å². The van der Waals surface area contributed by atoms with E-state index in [1.807, 2.05) is 0 Å². The van der Waals surface area contributed by atoms with E-state index in [0.29, 0.717) is 0 Å². The van der Waals surface area contributed by atoms with Crippen LogP contribution in [0.4, 0.5) is 0 Å². The number of aliphatic hydroxyl groups is 6. The number of ketones is 2. The van der Waals surface area contributed by atoms with Gasteiger partial charge in [0.2, 0.25) is 11.9 Å². The summed E-state index contributed by atoms with van der Waals surface area (Å²) in [5.74, 6) is -4.34. The van der Waals surface area contributed by atoms with Crippen LogP contribution >= 0.6 is 0 Å². The minimum atomic E-state index is -1.48. The number of esters is 2. The predicted molar refractivity (Wildman–Crippen MR) is 79.3 cm³/mol. The molecule has 2 aliphatic rings. The second kappa shape index (κ2) is 13.2. The van der Waals surface area contributed by atoms with Crippen molar-refractivity contribution in [3.63, 3.8) is 0 Å². The summed E-state index contributed by atoms with van der Waals surface area (Å²) in [6.45, 7) is -1.42. The number of rotatable bonds is 4. The Morgan fingerprint density at radius 2 is 1.04 bits per heavy atom. The molecule has 0 saturated carbocycles. The zero-order valence-electron chi connectivity index (χ0n) is 13.6. The maximum absolute atomic E-state index is 10.8. The fourth-order valence-electron chi connectivity index (χ4n) is 1.62. The number of aliphatic hydroxyl groups excluding tert-OH is 6. The topological polar surface area (TPSA) is 271 Å². The van der Waals surface area contributed by atoms with Gasteiger partial charge in [0.15, 0.2) is 12.2 Å². The standard InChI is InChI=1S/2C6H7O6.Ca.2H2O/c2*7-1-2(8)5-3(9)4(10)6(11)12-5;;;/h2*2,5,7-8,10H,1H2;;2*1H2/q2*-1;+2;;/t2*2-,5+;;;/m00.../s1. The van der Waals surface area contributed by atoms with E-state index in [1.165, 1.54) is 0 Å². The van der Waals surface area contributed by atoms with Gasteiger partial charge in [-0.1, -0.05) is 12.2 Å². The van der Waals surface area contributed by atoms with Crippen LogP contribution in [0.2, 0.25) is 0 Å². The molecule has 27 heavy (non-hydrogen) atoms. The van der Waals surface area contributed by atoms with Crippen LogP contribution in [0.1, 0.15) is 0 Å². The average molecular weight is 426 g/mol. The zero-order valence-corrected chi connectivity index (χ0v) is 15.8. The molecular formula is C12H18CaO14. The van der Waals surface area contributed by atoms with E-state index < -0.39 is 73.3 Å². The van der Waals surface area contributed by atoms with E-state index in [0.717, 1.165) is 0 Å². The molecule has 15 heteroatoms. The molecule has 2 rings (SSSR count). The van der Waals surface area contributed by atoms with Crippen molar-refractivity contribution in [2.24, 2.45) is 0 Å². The van der Waals surface area contributed by atoms with Crippen molar-refractivity contribution in [1.29, 1.82) is 0 Å². The molecule has 0 aromatic rings.